The Bertz CT molecular complexity index is 390. The number of β-amino-alcohol motifs (C(OH)–C–C–N with tert-alkyl or cyclic N) is 1. The van der Waals surface area contributed by atoms with E-state index in [1.54, 1.807) is 0 Å². The monoisotopic (exact) mass is 219 g/mol. The van der Waals surface area contributed by atoms with Gasteiger partial charge in [0.05, 0.1) is 6.10 Å². The van der Waals surface area contributed by atoms with Crippen LogP contribution in [0.4, 0.5) is 5.69 Å². The number of anilines is 1. The van der Waals surface area contributed by atoms with E-state index in [-0.39, 0.29) is 6.10 Å². The van der Waals surface area contributed by atoms with Crippen molar-refractivity contribution in [3.05, 3.63) is 29.3 Å². The number of rotatable bonds is 2. The molecule has 0 radical (unpaired) electrons. The van der Waals surface area contributed by atoms with Gasteiger partial charge >= 0.3 is 0 Å². The van der Waals surface area contributed by atoms with Gasteiger partial charge in [-0.3, -0.25) is 4.79 Å². The molecule has 86 valence electrons. The van der Waals surface area contributed by atoms with E-state index in [1.165, 1.54) is 0 Å². The van der Waals surface area contributed by atoms with Crippen LogP contribution in [0.2, 0.25) is 0 Å². The molecule has 3 heteroatoms. The summed E-state index contributed by atoms with van der Waals surface area (Å²) >= 11 is 0. The second kappa shape index (κ2) is 4.66. The number of aliphatic hydroxyl groups excluding tert-OH is 1. The topological polar surface area (TPSA) is 40.5 Å². The minimum atomic E-state index is -0.269. The predicted octanol–water partition coefficient (Wildman–Crippen LogP) is 1.77. The van der Waals surface area contributed by atoms with Crippen molar-refractivity contribution >= 4 is 12.0 Å². The highest BCUT2D eigenvalue weighted by atomic mass is 16.3. The van der Waals surface area contributed by atoms with Crippen molar-refractivity contribution in [2.75, 3.05) is 18.0 Å². The molecule has 0 amide bonds. The first-order valence-electron chi connectivity index (χ1n) is 5.69. The van der Waals surface area contributed by atoms with Crippen LogP contribution in [-0.4, -0.2) is 30.6 Å². The van der Waals surface area contributed by atoms with Gasteiger partial charge in [-0.25, -0.2) is 0 Å². The summed E-state index contributed by atoms with van der Waals surface area (Å²) in [6.45, 7) is 3.52. The molecule has 1 fully saturated rings. The van der Waals surface area contributed by atoms with Crippen LogP contribution in [0.5, 0.6) is 0 Å². The molecule has 1 aliphatic rings. The third kappa shape index (κ3) is 2.25. The van der Waals surface area contributed by atoms with Gasteiger partial charge in [0, 0.05) is 24.3 Å². The average molecular weight is 219 g/mol. The lowest BCUT2D eigenvalue weighted by molar-refractivity contribution is 0.112. The summed E-state index contributed by atoms with van der Waals surface area (Å²) in [6.07, 6.45) is 2.46. The van der Waals surface area contributed by atoms with Crippen molar-refractivity contribution in [3.8, 4) is 0 Å². The summed E-state index contributed by atoms with van der Waals surface area (Å²) in [7, 11) is 0. The van der Waals surface area contributed by atoms with Gasteiger partial charge in [-0.2, -0.15) is 0 Å². The molecule has 1 aliphatic heterocycles. The van der Waals surface area contributed by atoms with Gasteiger partial charge in [-0.1, -0.05) is 11.6 Å². The Labute approximate surface area is 95.7 Å². The maximum Gasteiger partial charge on any atom is 0.152 e. The summed E-state index contributed by atoms with van der Waals surface area (Å²) in [5, 5.41) is 9.63. The fraction of sp³-hybridized carbons (Fsp3) is 0.462. The number of carbonyl (C=O) groups excluding carboxylic acids is 1. The van der Waals surface area contributed by atoms with Crippen molar-refractivity contribution in [2.24, 2.45) is 0 Å². The molecule has 1 unspecified atom stereocenters. The summed E-state index contributed by atoms with van der Waals surface area (Å²) < 4.78 is 0. The van der Waals surface area contributed by atoms with Gasteiger partial charge in [0.15, 0.2) is 6.29 Å². The minimum absolute atomic E-state index is 0.269. The molecule has 3 nitrogen and oxygen atoms in total. The van der Waals surface area contributed by atoms with E-state index >= 15 is 0 Å². The quantitative estimate of drug-likeness (QED) is 0.771. The van der Waals surface area contributed by atoms with Gasteiger partial charge in [-0.05, 0) is 31.9 Å². The molecule has 1 saturated heterocycles. The van der Waals surface area contributed by atoms with Gasteiger partial charge in [0.25, 0.3) is 0 Å². The number of benzene rings is 1. The predicted molar refractivity (Wildman–Crippen MR) is 64.0 cm³/mol. The molecule has 0 saturated carbocycles. The van der Waals surface area contributed by atoms with Gasteiger partial charge in [-0.15, -0.1) is 0 Å². The summed E-state index contributed by atoms with van der Waals surface area (Å²) in [4.78, 5) is 13.1. The number of carbonyl (C=O) groups is 1. The van der Waals surface area contributed by atoms with Crippen LogP contribution in [-0.2, 0) is 0 Å². The molecule has 1 N–H and O–H groups in total. The lowest BCUT2D eigenvalue weighted by Gasteiger charge is -2.32. The highest BCUT2D eigenvalue weighted by Crippen LogP contribution is 2.24. The first-order valence-corrected chi connectivity index (χ1v) is 5.69. The first-order chi connectivity index (χ1) is 7.70. The second-order valence-electron chi connectivity index (χ2n) is 4.42. The molecule has 0 bridgehead atoms. The van der Waals surface area contributed by atoms with Crippen LogP contribution in [0.1, 0.15) is 28.8 Å². The molecule has 1 aromatic carbocycles. The van der Waals surface area contributed by atoms with Crippen LogP contribution < -0.4 is 4.90 Å². The normalized spacial score (nSPS) is 20.9. The van der Waals surface area contributed by atoms with Crippen molar-refractivity contribution in [3.63, 3.8) is 0 Å². The average Bonchev–Trinajstić information content (AvgIpc) is 2.28. The minimum Gasteiger partial charge on any atom is -0.391 e. The largest absolute Gasteiger partial charge is 0.391 e. The molecular formula is C13H17NO2. The van der Waals surface area contributed by atoms with Crippen LogP contribution in [0.3, 0.4) is 0 Å². The van der Waals surface area contributed by atoms with E-state index in [1.807, 2.05) is 25.1 Å². The van der Waals surface area contributed by atoms with Crippen molar-refractivity contribution in [1.82, 2.24) is 0 Å². The third-order valence-corrected chi connectivity index (χ3v) is 3.05. The van der Waals surface area contributed by atoms with Gasteiger partial charge < -0.3 is 10.0 Å². The SMILES string of the molecule is Cc1ccc(N2CCCC(O)C2)c(C=O)c1. The standard InChI is InChI=1S/C13H17NO2/c1-10-4-5-13(11(7-10)9-15)14-6-2-3-12(16)8-14/h4-5,7,9,12,16H,2-3,6,8H2,1H3. The number of hydrogen-bond acceptors (Lipinski definition) is 3. The van der Waals surface area contributed by atoms with E-state index in [0.717, 1.165) is 36.9 Å². The van der Waals surface area contributed by atoms with Crippen LogP contribution >= 0.6 is 0 Å². The Morgan fingerprint density at radius 2 is 2.31 bits per heavy atom. The lowest BCUT2D eigenvalue weighted by Crippen LogP contribution is -2.38. The van der Waals surface area contributed by atoms with E-state index < -0.39 is 0 Å². The van der Waals surface area contributed by atoms with Crippen molar-refractivity contribution < 1.29 is 9.90 Å². The molecule has 1 atom stereocenters. The zero-order valence-corrected chi connectivity index (χ0v) is 9.52. The maximum atomic E-state index is 11.0. The molecule has 0 aromatic heterocycles. The number of aldehydes is 1. The summed E-state index contributed by atoms with van der Waals surface area (Å²) in [6, 6.07) is 5.86. The first kappa shape index (κ1) is 11.1. The molecule has 16 heavy (non-hydrogen) atoms. The van der Waals surface area contributed by atoms with E-state index in [0.29, 0.717) is 12.1 Å². The molecular weight excluding hydrogens is 202 g/mol. The molecule has 2 rings (SSSR count). The Hall–Kier alpha value is -1.35. The zero-order valence-electron chi connectivity index (χ0n) is 9.52. The van der Waals surface area contributed by atoms with Gasteiger partial charge in [0.1, 0.15) is 0 Å². The Morgan fingerprint density at radius 3 is 3.00 bits per heavy atom. The summed E-state index contributed by atoms with van der Waals surface area (Å²) in [5.74, 6) is 0. The van der Waals surface area contributed by atoms with Crippen molar-refractivity contribution in [2.45, 2.75) is 25.9 Å². The maximum absolute atomic E-state index is 11.0. The Morgan fingerprint density at radius 1 is 1.50 bits per heavy atom. The van der Waals surface area contributed by atoms with E-state index in [9.17, 15) is 9.90 Å². The second-order valence-corrected chi connectivity index (χ2v) is 4.42. The summed E-state index contributed by atoms with van der Waals surface area (Å²) in [5.41, 5.74) is 2.75. The fourth-order valence-electron chi connectivity index (χ4n) is 2.23. The van der Waals surface area contributed by atoms with Crippen LogP contribution in [0.15, 0.2) is 18.2 Å². The van der Waals surface area contributed by atoms with Crippen LogP contribution in [0.25, 0.3) is 0 Å². The number of aliphatic hydroxyl groups is 1. The number of nitrogens with zero attached hydrogens (tertiary/aromatic N) is 1. The number of hydrogen-bond donors (Lipinski definition) is 1. The number of piperidine rings is 1. The fourth-order valence-corrected chi connectivity index (χ4v) is 2.23. The van der Waals surface area contributed by atoms with Crippen molar-refractivity contribution in [1.29, 1.82) is 0 Å². The van der Waals surface area contributed by atoms with E-state index in [4.69, 9.17) is 0 Å². The Balaban J connectivity index is 2.28. The smallest absolute Gasteiger partial charge is 0.152 e. The van der Waals surface area contributed by atoms with Crippen LogP contribution in [0, 0.1) is 6.92 Å². The lowest BCUT2D eigenvalue weighted by atomic mass is 10.0. The molecule has 0 aliphatic carbocycles. The van der Waals surface area contributed by atoms with Gasteiger partial charge in [0.2, 0.25) is 0 Å². The van der Waals surface area contributed by atoms with E-state index in [2.05, 4.69) is 4.90 Å². The zero-order chi connectivity index (χ0) is 11.5. The highest BCUT2D eigenvalue weighted by molar-refractivity contribution is 5.85. The molecule has 1 aromatic rings. The molecule has 0 spiro atoms. The molecule has 1 heterocycles. The third-order valence-electron chi connectivity index (χ3n) is 3.05. The Kier molecular flexibility index (Phi) is 3.25. The number of aryl methyl sites for hydroxylation is 1. The highest BCUT2D eigenvalue weighted by Gasteiger charge is 2.19.